The van der Waals surface area contributed by atoms with E-state index in [2.05, 4.69) is 0 Å². The van der Waals surface area contributed by atoms with Gasteiger partial charge in [-0.1, -0.05) is 42.8 Å². The van der Waals surface area contributed by atoms with Crippen molar-refractivity contribution in [3.05, 3.63) is 33.8 Å². The van der Waals surface area contributed by atoms with Gasteiger partial charge in [0.2, 0.25) is 0 Å². The van der Waals surface area contributed by atoms with Gasteiger partial charge in [0.05, 0.1) is 0 Å². The van der Waals surface area contributed by atoms with E-state index in [0.29, 0.717) is 15.6 Å². The fourth-order valence-electron chi connectivity index (χ4n) is 1.12. The van der Waals surface area contributed by atoms with Gasteiger partial charge in [0.25, 0.3) is 0 Å². The topological polar surface area (TPSA) is 17.1 Å². The van der Waals surface area contributed by atoms with Crippen molar-refractivity contribution in [3.63, 3.8) is 0 Å². The zero-order valence-electron chi connectivity index (χ0n) is 8.40. The number of benzene rings is 1. The molecule has 0 aliphatic heterocycles. The maximum absolute atomic E-state index is 11.9. The summed E-state index contributed by atoms with van der Waals surface area (Å²) >= 11 is 11.6. The zero-order chi connectivity index (χ0) is 10.9. The lowest BCUT2D eigenvalue weighted by molar-refractivity contribution is 0.106. The number of halogens is 2. The van der Waals surface area contributed by atoms with Crippen LogP contribution in [0.4, 0.5) is 0 Å². The van der Waals surface area contributed by atoms with Crippen LogP contribution >= 0.6 is 23.2 Å². The third-order valence-corrected chi connectivity index (χ3v) is 3.89. The van der Waals surface area contributed by atoms with Crippen molar-refractivity contribution in [3.8, 4) is 0 Å². The Bertz CT molecular complexity index is 349. The standard InChI is InChI=1S/C10H12Cl2OSi/c1-14(2,3)10(13)7-4-8(11)6-9(12)5-7/h4-6H,1-3H3. The first kappa shape index (κ1) is 11.8. The van der Waals surface area contributed by atoms with Crippen molar-refractivity contribution < 1.29 is 4.79 Å². The van der Waals surface area contributed by atoms with E-state index in [1.54, 1.807) is 18.2 Å². The summed E-state index contributed by atoms with van der Waals surface area (Å²) < 4.78 is 0. The minimum atomic E-state index is -1.80. The molecule has 0 aliphatic rings. The summed E-state index contributed by atoms with van der Waals surface area (Å²) in [6.45, 7) is 6.01. The van der Waals surface area contributed by atoms with Gasteiger partial charge in [0.1, 0.15) is 13.5 Å². The van der Waals surface area contributed by atoms with Gasteiger partial charge in [-0.3, -0.25) is 0 Å². The lowest BCUT2D eigenvalue weighted by Crippen LogP contribution is -2.33. The van der Waals surface area contributed by atoms with Crippen molar-refractivity contribution in [2.45, 2.75) is 19.6 Å². The van der Waals surface area contributed by atoms with E-state index < -0.39 is 8.07 Å². The van der Waals surface area contributed by atoms with E-state index in [1.807, 2.05) is 19.6 Å². The van der Waals surface area contributed by atoms with Crippen LogP contribution in [0.25, 0.3) is 0 Å². The van der Waals surface area contributed by atoms with Gasteiger partial charge in [-0.15, -0.1) is 0 Å². The second kappa shape index (κ2) is 4.05. The first-order valence-electron chi connectivity index (χ1n) is 4.31. The molecule has 0 atom stereocenters. The lowest BCUT2D eigenvalue weighted by Gasteiger charge is -2.14. The second-order valence-electron chi connectivity index (χ2n) is 4.24. The third-order valence-electron chi connectivity index (χ3n) is 1.81. The van der Waals surface area contributed by atoms with Crippen LogP contribution in [-0.4, -0.2) is 13.5 Å². The molecule has 0 radical (unpaired) electrons. The fraction of sp³-hybridized carbons (Fsp3) is 0.300. The predicted molar refractivity (Wildman–Crippen MR) is 64.1 cm³/mol. The molecule has 0 amide bonds. The number of hydrogen-bond donors (Lipinski definition) is 0. The molecule has 0 fully saturated rings. The molecule has 1 rings (SSSR count). The number of hydrogen-bond acceptors (Lipinski definition) is 1. The Labute approximate surface area is 95.0 Å². The lowest BCUT2D eigenvalue weighted by atomic mass is 10.2. The third kappa shape index (κ3) is 2.84. The number of carbonyl (C=O) groups excluding carboxylic acids is 1. The first-order chi connectivity index (χ1) is 6.30. The number of rotatable bonds is 2. The Hall–Kier alpha value is -0.313. The summed E-state index contributed by atoms with van der Waals surface area (Å²) in [6, 6.07) is 4.98. The van der Waals surface area contributed by atoms with Crippen molar-refractivity contribution >= 4 is 36.7 Å². The van der Waals surface area contributed by atoms with Crippen LogP contribution in [0.2, 0.25) is 29.7 Å². The van der Waals surface area contributed by atoms with Crippen LogP contribution < -0.4 is 0 Å². The van der Waals surface area contributed by atoms with E-state index in [0.717, 1.165) is 0 Å². The molecule has 4 heteroatoms. The quantitative estimate of drug-likeness (QED) is 0.720. The minimum Gasteiger partial charge on any atom is -0.300 e. The molecule has 0 saturated carbocycles. The van der Waals surface area contributed by atoms with E-state index in [-0.39, 0.29) is 5.41 Å². The Kier molecular flexibility index (Phi) is 3.40. The van der Waals surface area contributed by atoms with Gasteiger partial charge in [-0.25, -0.2) is 0 Å². The largest absolute Gasteiger partial charge is 0.300 e. The summed E-state index contributed by atoms with van der Waals surface area (Å²) in [5, 5.41) is 1.21. The van der Waals surface area contributed by atoms with Crippen molar-refractivity contribution in [2.24, 2.45) is 0 Å². The summed E-state index contributed by atoms with van der Waals surface area (Å²) in [5.74, 6) is 0. The van der Waals surface area contributed by atoms with Crippen molar-refractivity contribution in [1.29, 1.82) is 0 Å². The molecule has 0 unspecified atom stereocenters. The summed E-state index contributed by atoms with van der Waals surface area (Å²) in [7, 11) is -1.80. The highest BCUT2D eigenvalue weighted by Crippen LogP contribution is 2.21. The van der Waals surface area contributed by atoms with Gasteiger partial charge in [-0.2, -0.15) is 0 Å². The van der Waals surface area contributed by atoms with Crippen LogP contribution in [0, 0.1) is 0 Å². The Morgan fingerprint density at radius 3 is 1.86 bits per heavy atom. The van der Waals surface area contributed by atoms with Gasteiger partial charge < -0.3 is 4.79 Å². The molecule has 1 aromatic rings. The second-order valence-corrected chi connectivity index (χ2v) is 10.1. The van der Waals surface area contributed by atoms with E-state index >= 15 is 0 Å². The van der Waals surface area contributed by atoms with Crippen LogP contribution in [0.5, 0.6) is 0 Å². The van der Waals surface area contributed by atoms with Crippen molar-refractivity contribution in [1.82, 2.24) is 0 Å². The molecule has 0 aliphatic carbocycles. The molecule has 0 saturated heterocycles. The molecule has 0 bridgehead atoms. The average Bonchev–Trinajstić information content (AvgIpc) is 1.99. The Morgan fingerprint density at radius 1 is 1.07 bits per heavy atom. The normalized spacial score (nSPS) is 11.5. The zero-order valence-corrected chi connectivity index (χ0v) is 10.9. The van der Waals surface area contributed by atoms with Crippen LogP contribution in [0.3, 0.4) is 0 Å². The van der Waals surface area contributed by atoms with E-state index in [1.165, 1.54) is 0 Å². The number of carbonyl (C=O) groups is 1. The van der Waals surface area contributed by atoms with Gasteiger partial charge in [0, 0.05) is 15.6 Å². The van der Waals surface area contributed by atoms with Gasteiger partial charge in [-0.05, 0) is 18.2 Å². The van der Waals surface area contributed by atoms with Crippen LogP contribution in [-0.2, 0) is 0 Å². The molecule has 76 valence electrons. The van der Waals surface area contributed by atoms with Crippen molar-refractivity contribution in [2.75, 3.05) is 0 Å². The molecule has 0 aromatic heterocycles. The molecular weight excluding hydrogens is 235 g/mol. The molecule has 1 nitrogen and oxygen atoms in total. The van der Waals surface area contributed by atoms with E-state index in [4.69, 9.17) is 23.2 Å². The van der Waals surface area contributed by atoms with Gasteiger partial charge in [0.15, 0.2) is 0 Å². The fourth-order valence-corrected chi connectivity index (χ4v) is 2.65. The molecule has 0 spiro atoms. The molecular formula is C10H12Cl2OSi. The molecule has 0 heterocycles. The monoisotopic (exact) mass is 246 g/mol. The van der Waals surface area contributed by atoms with E-state index in [9.17, 15) is 4.79 Å². The SMILES string of the molecule is C[Si](C)(C)C(=O)c1cc(Cl)cc(Cl)c1. The highest BCUT2D eigenvalue weighted by molar-refractivity contribution is 7.05. The predicted octanol–water partition coefficient (Wildman–Crippen LogP) is 4.05. The maximum Gasteiger partial charge on any atom is 0.139 e. The molecule has 1 aromatic carbocycles. The molecule has 14 heavy (non-hydrogen) atoms. The van der Waals surface area contributed by atoms with Gasteiger partial charge >= 0.3 is 0 Å². The summed E-state index contributed by atoms with van der Waals surface area (Å²) in [5.41, 5.74) is 0.627. The maximum atomic E-state index is 11.9. The average molecular weight is 247 g/mol. The highest BCUT2D eigenvalue weighted by atomic mass is 35.5. The minimum absolute atomic E-state index is 0.182. The smallest absolute Gasteiger partial charge is 0.139 e. The highest BCUT2D eigenvalue weighted by Gasteiger charge is 2.25. The summed E-state index contributed by atoms with van der Waals surface area (Å²) in [4.78, 5) is 11.9. The Balaban J connectivity index is 3.14. The Morgan fingerprint density at radius 2 is 1.50 bits per heavy atom. The van der Waals surface area contributed by atoms with Crippen LogP contribution in [0.1, 0.15) is 10.4 Å². The molecule has 0 N–H and O–H groups in total. The van der Waals surface area contributed by atoms with Crippen LogP contribution in [0.15, 0.2) is 18.2 Å². The first-order valence-corrected chi connectivity index (χ1v) is 8.57. The summed E-state index contributed by atoms with van der Waals surface area (Å²) in [6.07, 6.45) is 0.